The normalized spacial score (nSPS) is 11.8. The molecule has 0 unspecified atom stereocenters. The van der Waals surface area contributed by atoms with Gasteiger partial charge in [0.05, 0.1) is 11.2 Å². The Hall–Kier alpha value is -4.50. The second-order valence-corrected chi connectivity index (χ2v) is 10.0. The first kappa shape index (κ1) is 21.8. The third-order valence-corrected chi connectivity index (χ3v) is 7.55. The van der Waals surface area contributed by atoms with Gasteiger partial charge in [-0.05, 0) is 85.2 Å². The number of furan rings is 1. The Bertz CT molecular complexity index is 2010. The van der Waals surface area contributed by atoms with Crippen LogP contribution in [-0.2, 0) is 0 Å². The molecule has 0 atom stereocenters. The lowest BCUT2D eigenvalue weighted by molar-refractivity contribution is 0.670. The molecule has 178 valence electrons. The maximum absolute atomic E-state index is 6.63. The van der Waals surface area contributed by atoms with E-state index in [-0.39, 0.29) is 0 Å². The van der Waals surface area contributed by atoms with Crippen molar-refractivity contribution in [3.63, 3.8) is 0 Å². The molecule has 3 heteroatoms. The highest BCUT2D eigenvalue weighted by molar-refractivity contribution is 6.15. The van der Waals surface area contributed by atoms with Crippen LogP contribution in [0.2, 0.25) is 0 Å². The zero-order valence-electron chi connectivity index (χ0n) is 21.4. The minimum atomic E-state index is 0.752. The highest BCUT2D eigenvalue weighted by Crippen LogP contribution is 2.40. The zero-order chi connectivity index (χ0) is 25.3. The Balaban J connectivity index is 1.52. The van der Waals surface area contributed by atoms with E-state index in [4.69, 9.17) is 14.4 Å². The summed E-state index contributed by atoms with van der Waals surface area (Å²) < 4.78 is 6.63. The molecule has 0 bridgehead atoms. The van der Waals surface area contributed by atoms with Crippen molar-refractivity contribution >= 4 is 43.6 Å². The minimum absolute atomic E-state index is 0.752. The number of fused-ring (bicyclic) bond motifs is 6. The molecular formula is C34H26N2O. The topological polar surface area (TPSA) is 38.9 Å². The molecule has 2 heterocycles. The zero-order valence-corrected chi connectivity index (χ0v) is 21.4. The van der Waals surface area contributed by atoms with Crippen molar-refractivity contribution in [1.29, 1.82) is 0 Å². The van der Waals surface area contributed by atoms with E-state index in [0.717, 1.165) is 55.3 Å². The summed E-state index contributed by atoms with van der Waals surface area (Å²) in [6.45, 7) is 8.45. The number of para-hydroxylation sites is 1. The molecule has 0 fully saturated rings. The largest absolute Gasteiger partial charge is 0.455 e. The van der Waals surface area contributed by atoms with Crippen LogP contribution in [0, 0.1) is 27.7 Å². The molecule has 3 nitrogen and oxygen atoms in total. The summed E-state index contributed by atoms with van der Waals surface area (Å²) in [5.74, 6) is 0.752. The second-order valence-electron chi connectivity index (χ2n) is 10.0. The Kier molecular flexibility index (Phi) is 4.71. The summed E-state index contributed by atoms with van der Waals surface area (Å²) in [4.78, 5) is 9.83. The van der Waals surface area contributed by atoms with Crippen molar-refractivity contribution < 1.29 is 4.42 Å². The SMILES string of the molecule is Cc1nc(-c2cccc3c2oc2cc(-c4c(C)cccc4C)ccc23)c2cc(C)c3ccccc3c2n1. The number of aryl methyl sites for hydroxylation is 4. The monoisotopic (exact) mass is 478 g/mol. The van der Waals surface area contributed by atoms with E-state index in [2.05, 4.69) is 106 Å². The fourth-order valence-corrected chi connectivity index (χ4v) is 5.87. The van der Waals surface area contributed by atoms with Crippen LogP contribution in [0.15, 0.2) is 89.3 Å². The van der Waals surface area contributed by atoms with E-state index in [9.17, 15) is 0 Å². The molecule has 0 spiro atoms. The molecule has 7 rings (SSSR count). The number of nitrogens with zero attached hydrogens (tertiary/aromatic N) is 2. The van der Waals surface area contributed by atoms with Crippen LogP contribution in [0.4, 0.5) is 0 Å². The molecule has 0 aliphatic heterocycles. The highest BCUT2D eigenvalue weighted by atomic mass is 16.3. The van der Waals surface area contributed by atoms with Gasteiger partial charge in [0, 0.05) is 27.1 Å². The number of rotatable bonds is 2. The molecule has 37 heavy (non-hydrogen) atoms. The molecule has 2 aromatic heterocycles. The lowest BCUT2D eigenvalue weighted by atomic mass is 9.95. The molecule has 0 saturated carbocycles. The summed E-state index contributed by atoms with van der Waals surface area (Å²) in [6.07, 6.45) is 0. The van der Waals surface area contributed by atoms with Crippen molar-refractivity contribution in [1.82, 2.24) is 9.97 Å². The summed E-state index contributed by atoms with van der Waals surface area (Å²) >= 11 is 0. The Labute approximate surface area is 215 Å². The summed E-state index contributed by atoms with van der Waals surface area (Å²) in [7, 11) is 0. The van der Waals surface area contributed by atoms with Crippen LogP contribution >= 0.6 is 0 Å². The molecule has 7 aromatic rings. The van der Waals surface area contributed by atoms with E-state index >= 15 is 0 Å². The molecule has 0 radical (unpaired) electrons. The highest BCUT2D eigenvalue weighted by Gasteiger charge is 2.18. The molecule has 0 aliphatic carbocycles. The summed E-state index contributed by atoms with van der Waals surface area (Å²) in [5, 5.41) is 5.64. The molecule has 0 amide bonds. The second kappa shape index (κ2) is 8.01. The lowest BCUT2D eigenvalue weighted by Crippen LogP contribution is -1.96. The van der Waals surface area contributed by atoms with Gasteiger partial charge in [-0.25, -0.2) is 9.97 Å². The maximum Gasteiger partial charge on any atom is 0.144 e. The van der Waals surface area contributed by atoms with E-state index in [1.807, 2.05) is 6.92 Å². The molecule has 0 aliphatic rings. The van der Waals surface area contributed by atoms with Crippen molar-refractivity contribution in [3.8, 4) is 22.4 Å². The third kappa shape index (κ3) is 3.27. The fourth-order valence-electron chi connectivity index (χ4n) is 5.87. The standard InChI is InChI=1S/C34H26N2O/c1-19-9-7-10-20(2)31(19)23-15-16-25-27-13-8-14-28(34(27)37-30(25)18-23)33-29-17-21(3)24-11-5-6-12-26(24)32(29)35-22(4)36-33/h5-18H,1-4H3. The van der Waals surface area contributed by atoms with Gasteiger partial charge in [-0.3, -0.25) is 0 Å². The summed E-state index contributed by atoms with van der Waals surface area (Å²) in [5.41, 5.74) is 10.8. The van der Waals surface area contributed by atoms with Gasteiger partial charge >= 0.3 is 0 Å². The van der Waals surface area contributed by atoms with Gasteiger partial charge in [0.15, 0.2) is 0 Å². The van der Waals surface area contributed by atoms with Crippen LogP contribution in [0.3, 0.4) is 0 Å². The van der Waals surface area contributed by atoms with Crippen LogP contribution in [0.5, 0.6) is 0 Å². The summed E-state index contributed by atoms with van der Waals surface area (Å²) in [6, 6.07) is 30.0. The molecular weight excluding hydrogens is 452 g/mol. The maximum atomic E-state index is 6.63. The van der Waals surface area contributed by atoms with Crippen LogP contribution in [0.1, 0.15) is 22.5 Å². The fraction of sp³-hybridized carbons (Fsp3) is 0.118. The first-order valence-corrected chi connectivity index (χ1v) is 12.7. The van der Waals surface area contributed by atoms with Crippen LogP contribution < -0.4 is 0 Å². The Morgan fingerprint density at radius 3 is 2.11 bits per heavy atom. The van der Waals surface area contributed by atoms with E-state index in [1.54, 1.807) is 0 Å². The number of aromatic nitrogens is 2. The van der Waals surface area contributed by atoms with Gasteiger partial charge in [0.25, 0.3) is 0 Å². The van der Waals surface area contributed by atoms with Gasteiger partial charge in [0.1, 0.15) is 17.0 Å². The van der Waals surface area contributed by atoms with Gasteiger partial charge in [-0.2, -0.15) is 0 Å². The molecule has 0 N–H and O–H groups in total. The first-order chi connectivity index (χ1) is 18.0. The number of benzene rings is 5. The quantitative estimate of drug-likeness (QED) is 0.232. The van der Waals surface area contributed by atoms with Crippen LogP contribution in [0.25, 0.3) is 66.0 Å². The van der Waals surface area contributed by atoms with Crippen molar-refractivity contribution in [2.24, 2.45) is 0 Å². The first-order valence-electron chi connectivity index (χ1n) is 12.7. The predicted octanol–water partition coefficient (Wildman–Crippen LogP) is 9.25. The van der Waals surface area contributed by atoms with E-state index < -0.39 is 0 Å². The van der Waals surface area contributed by atoms with E-state index in [0.29, 0.717) is 0 Å². The van der Waals surface area contributed by atoms with Gasteiger partial charge in [-0.15, -0.1) is 0 Å². The average Bonchev–Trinajstić information content (AvgIpc) is 3.27. The van der Waals surface area contributed by atoms with Gasteiger partial charge in [-0.1, -0.05) is 60.7 Å². The molecule has 5 aromatic carbocycles. The smallest absolute Gasteiger partial charge is 0.144 e. The Morgan fingerprint density at radius 2 is 1.30 bits per heavy atom. The Morgan fingerprint density at radius 1 is 0.568 bits per heavy atom. The third-order valence-electron chi connectivity index (χ3n) is 7.55. The predicted molar refractivity (Wildman–Crippen MR) is 154 cm³/mol. The average molecular weight is 479 g/mol. The van der Waals surface area contributed by atoms with Crippen molar-refractivity contribution in [2.45, 2.75) is 27.7 Å². The van der Waals surface area contributed by atoms with Gasteiger partial charge < -0.3 is 4.42 Å². The number of hydrogen-bond acceptors (Lipinski definition) is 3. The lowest BCUT2D eigenvalue weighted by Gasteiger charge is -2.12. The molecule has 0 saturated heterocycles. The van der Waals surface area contributed by atoms with Gasteiger partial charge in [0.2, 0.25) is 0 Å². The van der Waals surface area contributed by atoms with Crippen LogP contribution in [-0.4, -0.2) is 9.97 Å². The van der Waals surface area contributed by atoms with E-state index in [1.165, 1.54) is 33.2 Å². The number of hydrogen-bond donors (Lipinski definition) is 0. The van der Waals surface area contributed by atoms with Crippen molar-refractivity contribution in [2.75, 3.05) is 0 Å². The minimum Gasteiger partial charge on any atom is -0.455 e. The van der Waals surface area contributed by atoms with Crippen molar-refractivity contribution in [3.05, 3.63) is 107 Å².